The SMILES string of the molecule is O=C1CCCCC1[C@H](C[N+](=O)[O-])c1ccccc1. The van der Waals surface area contributed by atoms with E-state index in [1.165, 1.54) is 0 Å². The minimum Gasteiger partial charge on any atom is -0.299 e. The molecule has 96 valence electrons. The van der Waals surface area contributed by atoms with Crippen LogP contribution in [0.25, 0.3) is 0 Å². The predicted octanol–water partition coefficient (Wildman–Crippen LogP) is 2.81. The van der Waals surface area contributed by atoms with Gasteiger partial charge >= 0.3 is 0 Å². The molecule has 18 heavy (non-hydrogen) atoms. The Hall–Kier alpha value is -1.71. The third kappa shape index (κ3) is 2.94. The first kappa shape index (κ1) is 12.7. The highest BCUT2D eigenvalue weighted by Crippen LogP contribution is 2.34. The van der Waals surface area contributed by atoms with Gasteiger partial charge in [0.2, 0.25) is 6.54 Å². The summed E-state index contributed by atoms with van der Waals surface area (Å²) in [5, 5.41) is 10.8. The summed E-state index contributed by atoms with van der Waals surface area (Å²) in [6.45, 7) is -0.152. The molecule has 1 saturated carbocycles. The molecule has 0 radical (unpaired) electrons. The van der Waals surface area contributed by atoms with Crippen LogP contribution < -0.4 is 0 Å². The van der Waals surface area contributed by atoms with E-state index in [0.717, 1.165) is 24.8 Å². The third-order valence-corrected chi connectivity index (χ3v) is 3.66. The lowest BCUT2D eigenvalue weighted by atomic mass is 9.76. The van der Waals surface area contributed by atoms with Gasteiger partial charge in [-0.3, -0.25) is 14.9 Å². The van der Waals surface area contributed by atoms with Crippen LogP contribution in [-0.4, -0.2) is 17.3 Å². The van der Waals surface area contributed by atoms with E-state index in [0.29, 0.717) is 6.42 Å². The van der Waals surface area contributed by atoms with E-state index in [-0.39, 0.29) is 29.1 Å². The van der Waals surface area contributed by atoms with Crippen LogP contribution in [0.2, 0.25) is 0 Å². The topological polar surface area (TPSA) is 60.2 Å². The second-order valence-electron chi connectivity index (χ2n) is 4.85. The molecule has 1 aromatic rings. The van der Waals surface area contributed by atoms with Gasteiger partial charge in [-0.05, 0) is 18.4 Å². The highest BCUT2D eigenvalue weighted by molar-refractivity contribution is 5.82. The average Bonchev–Trinajstić information content (AvgIpc) is 2.38. The van der Waals surface area contributed by atoms with E-state index >= 15 is 0 Å². The minimum atomic E-state index is -0.306. The molecule has 1 fully saturated rings. The molecule has 0 saturated heterocycles. The predicted molar refractivity (Wildman–Crippen MR) is 68.0 cm³/mol. The van der Waals surface area contributed by atoms with Crippen LogP contribution >= 0.6 is 0 Å². The summed E-state index contributed by atoms with van der Waals surface area (Å²) in [5.74, 6) is -0.252. The van der Waals surface area contributed by atoms with Crippen molar-refractivity contribution >= 4 is 5.78 Å². The zero-order valence-corrected chi connectivity index (χ0v) is 10.2. The molecule has 0 spiro atoms. The normalized spacial score (nSPS) is 21.6. The van der Waals surface area contributed by atoms with Gasteiger partial charge in [0, 0.05) is 17.3 Å². The number of carbonyl (C=O) groups is 1. The molecule has 0 aliphatic heterocycles. The van der Waals surface area contributed by atoms with Crippen LogP contribution in [0.3, 0.4) is 0 Å². The number of ketones is 1. The molecule has 0 amide bonds. The Bertz CT molecular complexity index is 430. The maximum Gasteiger partial charge on any atom is 0.211 e. The summed E-state index contributed by atoms with van der Waals surface area (Å²) < 4.78 is 0. The number of nitrogens with zero attached hydrogens (tertiary/aromatic N) is 1. The van der Waals surface area contributed by atoms with Gasteiger partial charge in [-0.15, -0.1) is 0 Å². The van der Waals surface area contributed by atoms with Crippen molar-refractivity contribution in [2.24, 2.45) is 5.92 Å². The van der Waals surface area contributed by atoms with Crippen LogP contribution in [-0.2, 0) is 4.79 Å². The van der Waals surface area contributed by atoms with Crippen LogP contribution in [0.5, 0.6) is 0 Å². The van der Waals surface area contributed by atoms with E-state index in [9.17, 15) is 14.9 Å². The molecule has 0 N–H and O–H groups in total. The van der Waals surface area contributed by atoms with Gasteiger partial charge in [-0.2, -0.15) is 0 Å². The summed E-state index contributed by atoms with van der Waals surface area (Å²) >= 11 is 0. The molecule has 0 heterocycles. The lowest BCUT2D eigenvalue weighted by Crippen LogP contribution is -2.30. The number of carbonyl (C=O) groups excluding carboxylic acids is 1. The van der Waals surface area contributed by atoms with Crippen molar-refractivity contribution in [3.63, 3.8) is 0 Å². The van der Waals surface area contributed by atoms with Crippen molar-refractivity contribution in [3.05, 3.63) is 46.0 Å². The second kappa shape index (κ2) is 5.76. The molecule has 0 aromatic heterocycles. The molecule has 4 nitrogen and oxygen atoms in total. The maximum absolute atomic E-state index is 12.0. The van der Waals surface area contributed by atoms with Crippen molar-refractivity contribution < 1.29 is 9.72 Å². The van der Waals surface area contributed by atoms with Gasteiger partial charge in [0.1, 0.15) is 5.78 Å². The first-order valence-electron chi connectivity index (χ1n) is 6.38. The highest BCUT2D eigenvalue weighted by Gasteiger charge is 2.34. The summed E-state index contributed by atoms with van der Waals surface area (Å²) in [5.41, 5.74) is 0.912. The van der Waals surface area contributed by atoms with E-state index in [1.807, 2.05) is 30.3 Å². The van der Waals surface area contributed by atoms with Gasteiger partial charge in [-0.25, -0.2) is 0 Å². The third-order valence-electron chi connectivity index (χ3n) is 3.66. The van der Waals surface area contributed by atoms with E-state index < -0.39 is 0 Å². The Labute approximate surface area is 106 Å². The van der Waals surface area contributed by atoms with Gasteiger partial charge in [0.25, 0.3) is 0 Å². The lowest BCUT2D eigenvalue weighted by molar-refractivity contribution is -0.484. The molecule has 4 heteroatoms. The summed E-state index contributed by atoms with van der Waals surface area (Å²) in [6, 6.07) is 9.40. The first-order valence-corrected chi connectivity index (χ1v) is 6.38. The van der Waals surface area contributed by atoms with Gasteiger partial charge in [0.15, 0.2) is 0 Å². The van der Waals surface area contributed by atoms with Crippen molar-refractivity contribution in [2.45, 2.75) is 31.6 Å². The fraction of sp³-hybridized carbons (Fsp3) is 0.500. The Balaban J connectivity index is 2.24. The molecule has 1 aliphatic carbocycles. The first-order chi connectivity index (χ1) is 8.68. The van der Waals surface area contributed by atoms with Gasteiger partial charge in [-0.1, -0.05) is 36.8 Å². The number of hydrogen-bond donors (Lipinski definition) is 0. The van der Waals surface area contributed by atoms with Crippen LogP contribution in [0.15, 0.2) is 30.3 Å². The number of rotatable bonds is 4. The Morgan fingerprint density at radius 3 is 2.61 bits per heavy atom. The Morgan fingerprint density at radius 2 is 2.00 bits per heavy atom. The molecular weight excluding hydrogens is 230 g/mol. The van der Waals surface area contributed by atoms with Crippen molar-refractivity contribution in [1.29, 1.82) is 0 Å². The number of hydrogen-bond acceptors (Lipinski definition) is 3. The van der Waals surface area contributed by atoms with E-state index in [1.54, 1.807) is 0 Å². The summed E-state index contributed by atoms with van der Waals surface area (Å²) in [7, 11) is 0. The maximum atomic E-state index is 12.0. The average molecular weight is 247 g/mol. The van der Waals surface area contributed by atoms with E-state index in [2.05, 4.69) is 0 Å². The van der Waals surface area contributed by atoms with Gasteiger partial charge in [0.05, 0.1) is 5.92 Å². The fourth-order valence-corrected chi connectivity index (χ4v) is 2.76. The van der Waals surface area contributed by atoms with E-state index in [4.69, 9.17) is 0 Å². The molecule has 2 atom stereocenters. The molecule has 2 rings (SSSR count). The quantitative estimate of drug-likeness (QED) is 0.607. The zero-order chi connectivity index (χ0) is 13.0. The van der Waals surface area contributed by atoms with Crippen LogP contribution in [0.1, 0.15) is 37.2 Å². The number of benzene rings is 1. The number of Topliss-reactive ketones (excluding diaryl/α,β-unsaturated/α-hetero) is 1. The number of nitro groups is 1. The standard InChI is InChI=1S/C14H17NO3/c16-14-9-5-4-8-12(14)13(10-15(17)18)11-6-2-1-3-7-11/h1-3,6-7,12-13H,4-5,8-10H2/t12?,13-/m1/s1. The highest BCUT2D eigenvalue weighted by atomic mass is 16.6. The smallest absolute Gasteiger partial charge is 0.211 e. The monoisotopic (exact) mass is 247 g/mol. The lowest BCUT2D eigenvalue weighted by Gasteiger charge is -2.26. The molecule has 0 bridgehead atoms. The van der Waals surface area contributed by atoms with Crippen LogP contribution in [0.4, 0.5) is 0 Å². The summed E-state index contributed by atoms with van der Waals surface area (Å²) in [4.78, 5) is 22.5. The second-order valence-corrected chi connectivity index (χ2v) is 4.85. The molecule has 1 aliphatic rings. The fourth-order valence-electron chi connectivity index (χ4n) is 2.76. The van der Waals surface area contributed by atoms with Gasteiger partial charge < -0.3 is 0 Å². The van der Waals surface area contributed by atoms with Crippen molar-refractivity contribution in [3.8, 4) is 0 Å². The molecular formula is C14H17NO3. The Morgan fingerprint density at radius 1 is 1.28 bits per heavy atom. The zero-order valence-electron chi connectivity index (χ0n) is 10.2. The Kier molecular flexibility index (Phi) is 4.07. The van der Waals surface area contributed by atoms with Crippen LogP contribution in [0, 0.1) is 16.0 Å². The minimum absolute atomic E-state index is 0.152. The largest absolute Gasteiger partial charge is 0.299 e. The summed E-state index contributed by atoms with van der Waals surface area (Å²) in [6.07, 6.45) is 3.28. The molecule has 1 unspecified atom stereocenters. The van der Waals surface area contributed by atoms with Crippen molar-refractivity contribution in [1.82, 2.24) is 0 Å². The molecule has 1 aromatic carbocycles. The van der Waals surface area contributed by atoms with Crippen molar-refractivity contribution in [2.75, 3.05) is 6.54 Å².